The summed E-state index contributed by atoms with van der Waals surface area (Å²) in [5.41, 5.74) is 5.54. The molecule has 0 radical (unpaired) electrons. The first kappa shape index (κ1) is 18.2. The number of rotatable bonds is 5. The normalized spacial score (nSPS) is 12.6. The molecule has 0 aliphatic carbocycles. The number of nitro benzene ring substituents is 1. The molecular weight excluding hydrogens is 310 g/mol. The highest BCUT2D eigenvalue weighted by Gasteiger charge is 2.20. The molecule has 1 amide bonds. The number of hydrogen-bond donors (Lipinski definition) is 2. The lowest BCUT2D eigenvalue weighted by Gasteiger charge is -2.21. The summed E-state index contributed by atoms with van der Waals surface area (Å²) in [4.78, 5) is 22.0. The van der Waals surface area contributed by atoms with E-state index in [1.54, 1.807) is 26.8 Å². The van der Waals surface area contributed by atoms with Gasteiger partial charge in [-0.3, -0.25) is 10.1 Å². The van der Waals surface area contributed by atoms with E-state index >= 15 is 0 Å². The first-order chi connectivity index (χ1) is 10.1. The highest BCUT2D eigenvalue weighted by molar-refractivity contribution is 6.32. The number of alkyl carbamates (subject to hydrolysis) is 1. The molecule has 0 spiro atoms. The number of nitrogens with zero attached hydrogens (tertiary/aromatic N) is 1. The summed E-state index contributed by atoms with van der Waals surface area (Å²) >= 11 is 5.78. The first-order valence-electron chi connectivity index (χ1n) is 6.75. The average molecular weight is 330 g/mol. The molecule has 0 aliphatic rings. The van der Waals surface area contributed by atoms with Crippen LogP contribution in [0, 0.1) is 10.1 Å². The number of carbonyl (C=O) groups excluding carboxylic acids is 1. The Bertz CT molecular complexity index is 558. The van der Waals surface area contributed by atoms with Gasteiger partial charge in [0.25, 0.3) is 5.69 Å². The number of nitrogens with two attached hydrogens (primary N) is 1. The predicted molar refractivity (Wildman–Crippen MR) is 84.1 cm³/mol. The third kappa shape index (κ3) is 5.50. The van der Waals surface area contributed by atoms with Gasteiger partial charge in [0.05, 0.1) is 4.92 Å². The Hall–Kier alpha value is -1.86. The number of ether oxygens (including phenoxy) is 1. The number of benzene rings is 1. The minimum absolute atomic E-state index is 0.0598. The molecular formula is C14H20ClN3O4. The van der Waals surface area contributed by atoms with Crippen LogP contribution in [0.15, 0.2) is 18.2 Å². The lowest BCUT2D eigenvalue weighted by Crippen LogP contribution is -2.36. The van der Waals surface area contributed by atoms with Crippen LogP contribution in [0.1, 0.15) is 32.3 Å². The van der Waals surface area contributed by atoms with Gasteiger partial charge in [0.15, 0.2) is 0 Å². The summed E-state index contributed by atoms with van der Waals surface area (Å²) in [6.07, 6.45) is -0.561. The van der Waals surface area contributed by atoms with Gasteiger partial charge in [-0.05, 0) is 32.4 Å². The Morgan fingerprint density at radius 3 is 2.64 bits per heavy atom. The molecule has 0 bridgehead atoms. The Balaban J connectivity index is 2.78. The largest absolute Gasteiger partial charge is 0.444 e. The second kappa shape index (κ2) is 7.42. The van der Waals surface area contributed by atoms with Crippen molar-refractivity contribution in [3.05, 3.63) is 38.9 Å². The van der Waals surface area contributed by atoms with Crippen molar-refractivity contribution < 1.29 is 14.5 Å². The summed E-state index contributed by atoms with van der Waals surface area (Å²) in [6.45, 7) is 5.71. The smallest absolute Gasteiger partial charge is 0.407 e. The quantitative estimate of drug-likeness (QED) is 0.638. The van der Waals surface area contributed by atoms with E-state index in [4.69, 9.17) is 22.1 Å². The van der Waals surface area contributed by atoms with Crippen molar-refractivity contribution >= 4 is 23.4 Å². The predicted octanol–water partition coefficient (Wildman–Crippen LogP) is 2.82. The number of hydrogen-bond acceptors (Lipinski definition) is 5. The number of amides is 1. The maximum absolute atomic E-state index is 11.6. The SMILES string of the molecule is CC(C)(C)OC(=O)NCC(CN)c1ccc(Cl)c([N+](=O)[O-])c1. The third-order valence-corrected chi connectivity index (χ3v) is 3.13. The fourth-order valence-corrected chi connectivity index (χ4v) is 1.97. The van der Waals surface area contributed by atoms with Crippen molar-refractivity contribution in [1.29, 1.82) is 0 Å². The van der Waals surface area contributed by atoms with Crippen LogP contribution < -0.4 is 11.1 Å². The summed E-state index contributed by atoms with van der Waals surface area (Å²) in [6, 6.07) is 4.48. The van der Waals surface area contributed by atoms with Crippen LogP contribution in [0.25, 0.3) is 0 Å². The fraction of sp³-hybridized carbons (Fsp3) is 0.500. The number of nitro groups is 1. The van der Waals surface area contributed by atoms with E-state index in [2.05, 4.69) is 5.32 Å². The maximum atomic E-state index is 11.6. The van der Waals surface area contributed by atoms with E-state index in [1.807, 2.05) is 0 Å². The van der Waals surface area contributed by atoms with Gasteiger partial charge in [-0.25, -0.2) is 4.79 Å². The van der Waals surface area contributed by atoms with E-state index < -0.39 is 16.6 Å². The molecule has 0 aromatic heterocycles. The zero-order valence-electron chi connectivity index (χ0n) is 12.8. The van der Waals surface area contributed by atoms with Crippen molar-refractivity contribution in [2.75, 3.05) is 13.1 Å². The summed E-state index contributed by atoms with van der Waals surface area (Å²) in [7, 11) is 0. The lowest BCUT2D eigenvalue weighted by atomic mass is 9.99. The third-order valence-electron chi connectivity index (χ3n) is 2.81. The minimum atomic E-state index is -0.596. The molecule has 1 rings (SSSR count). The van der Waals surface area contributed by atoms with Gasteiger partial charge in [0, 0.05) is 25.1 Å². The van der Waals surface area contributed by atoms with Crippen molar-refractivity contribution in [2.45, 2.75) is 32.3 Å². The molecule has 8 heteroatoms. The van der Waals surface area contributed by atoms with Crippen LogP contribution in [0.2, 0.25) is 5.02 Å². The molecule has 0 saturated heterocycles. The lowest BCUT2D eigenvalue weighted by molar-refractivity contribution is -0.384. The summed E-state index contributed by atoms with van der Waals surface area (Å²) in [5.74, 6) is -0.275. The second-order valence-electron chi connectivity index (χ2n) is 5.78. The van der Waals surface area contributed by atoms with Gasteiger partial charge in [-0.2, -0.15) is 0 Å². The Kier molecular flexibility index (Phi) is 6.13. The molecule has 22 heavy (non-hydrogen) atoms. The van der Waals surface area contributed by atoms with E-state index in [0.29, 0.717) is 5.56 Å². The molecule has 1 unspecified atom stereocenters. The van der Waals surface area contributed by atoms with Crippen molar-refractivity contribution in [3.8, 4) is 0 Å². The molecule has 1 atom stereocenters. The van der Waals surface area contributed by atoms with E-state index in [9.17, 15) is 14.9 Å². The average Bonchev–Trinajstić information content (AvgIpc) is 2.38. The molecule has 1 aromatic rings. The Morgan fingerprint density at radius 2 is 2.14 bits per heavy atom. The van der Waals surface area contributed by atoms with Crippen LogP contribution in [-0.2, 0) is 4.74 Å². The maximum Gasteiger partial charge on any atom is 0.407 e. The molecule has 1 aromatic carbocycles. The van der Waals surface area contributed by atoms with Crippen LogP contribution >= 0.6 is 11.6 Å². The van der Waals surface area contributed by atoms with Crippen LogP contribution in [0.3, 0.4) is 0 Å². The molecule has 0 saturated carbocycles. The zero-order chi connectivity index (χ0) is 16.9. The topological polar surface area (TPSA) is 107 Å². The molecule has 7 nitrogen and oxygen atoms in total. The van der Waals surface area contributed by atoms with Gasteiger partial charge >= 0.3 is 6.09 Å². The van der Waals surface area contributed by atoms with Crippen molar-refractivity contribution in [2.24, 2.45) is 5.73 Å². The van der Waals surface area contributed by atoms with Crippen LogP contribution in [0.4, 0.5) is 10.5 Å². The molecule has 3 N–H and O–H groups in total. The van der Waals surface area contributed by atoms with Gasteiger partial charge in [0.2, 0.25) is 0 Å². The standard InChI is InChI=1S/C14H20ClN3O4/c1-14(2,3)22-13(19)17-8-10(7-16)9-4-5-11(15)12(6-9)18(20)21/h4-6,10H,7-8,16H2,1-3H3,(H,17,19). The Morgan fingerprint density at radius 1 is 1.50 bits per heavy atom. The summed E-state index contributed by atoms with van der Waals surface area (Å²) in [5, 5.41) is 13.6. The monoisotopic (exact) mass is 329 g/mol. The van der Waals surface area contributed by atoms with Crippen LogP contribution in [0.5, 0.6) is 0 Å². The molecule has 0 heterocycles. The molecule has 0 aliphatic heterocycles. The van der Waals surface area contributed by atoms with Crippen molar-refractivity contribution in [1.82, 2.24) is 5.32 Å². The van der Waals surface area contributed by atoms with Crippen molar-refractivity contribution in [3.63, 3.8) is 0 Å². The van der Waals surface area contributed by atoms with Gasteiger partial charge in [-0.15, -0.1) is 0 Å². The Labute approximate surface area is 133 Å². The molecule has 122 valence electrons. The van der Waals surface area contributed by atoms with E-state index in [-0.39, 0.29) is 29.7 Å². The highest BCUT2D eigenvalue weighted by atomic mass is 35.5. The second-order valence-corrected chi connectivity index (χ2v) is 6.19. The number of halogens is 1. The van der Waals surface area contributed by atoms with Gasteiger partial charge in [0.1, 0.15) is 10.6 Å². The first-order valence-corrected chi connectivity index (χ1v) is 7.12. The van der Waals surface area contributed by atoms with Gasteiger partial charge < -0.3 is 15.8 Å². The van der Waals surface area contributed by atoms with Gasteiger partial charge in [-0.1, -0.05) is 17.7 Å². The minimum Gasteiger partial charge on any atom is -0.444 e. The number of carbonyl (C=O) groups is 1. The number of nitrogens with one attached hydrogen (secondary N) is 1. The molecule has 0 fully saturated rings. The van der Waals surface area contributed by atoms with E-state index in [0.717, 1.165) is 0 Å². The van der Waals surface area contributed by atoms with Crippen LogP contribution in [-0.4, -0.2) is 29.7 Å². The zero-order valence-corrected chi connectivity index (χ0v) is 13.5. The fourth-order valence-electron chi connectivity index (χ4n) is 1.78. The highest BCUT2D eigenvalue weighted by Crippen LogP contribution is 2.28. The summed E-state index contributed by atoms with van der Waals surface area (Å²) < 4.78 is 5.13. The van der Waals surface area contributed by atoms with E-state index in [1.165, 1.54) is 12.1 Å².